The Balaban J connectivity index is 2.48. The largest absolute Gasteiger partial charge is 0.392 e. The zero-order valence-corrected chi connectivity index (χ0v) is 12.1. The second kappa shape index (κ2) is 7.55. The SMILES string of the molecule is CCCc1ccc(C(C)NCC(O)C(C)C)cc1. The topological polar surface area (TPSA) is 32.3 Å². The maximum atomic E-state index is 9.77. The van der Waals surface area contributed by atoms with E-state index in [1.54, 1.807) is 0 Å². The average molecular weight is 249 g/mol. The molecule has 18 heavy (non-hydrogen) atoms. The predicted octanol–water partition coefficient (Wildman–Crippen LogP) is 3.31. The first-order chi connectivity index (χ1) is 8.54. The van der Waals surface area contributed by atoms with Gasteiger partial charge in [0.15, 0.2) is 0 Å². The lowest BCUT2D eigenvalue weighted by Crippen LogP contribution is -2.32. The van der Waals surface area contributed by atoms with Gasteiger partial charge in [0.05, 0.1) is 6.10 Å². The van der Waals surface area contributed by atoms with Crippen LogP contribution in [0.3, 0.4) is 0 Å². The lowest BCUT2D eigenvalue weighted by molar-refractivity contribution is 0.120. The molecule has 102 valence electrons. The first-order valence-electron chi connectivity index (χ1n) is 7.04. The van der Waals surface area contributed by atoms with Gasteiger partial charge in [-0.25, -0.2) is 0 Å². The Morgan fingerprint density at radius 1 is 1.11 bits per heavy atom. The van der Waals surface area contributed by atoms with Crippen molar-refractivity contribution in [3.05, 3.63) is 35.4 Å². The van der Waals surface area contributed by atoms with Crippen molar-refractivity contribution in [2.24, 2.45) is 5.92 Å². The number of nitrogens with one attached hydrogen (secondary N) is 1. The molecule has 2 unspecified atom stereocenters. The van der Waals surface area contributed by atoms with Gasteiger partial charge in [0, 0.05) is 12.6 Å². The van der Waals surface area contributed by atoms with Crippen LogP contribution in [0.1, 0.15) is 51.3 Å². The normalized spacial score (nSPS) is 14.8. The van der Waals surface area contributed by atoms with Crippen molar-refractivity contribution >= 4 is 0 Å². The van der Waals surface area contributed by atoms with Crippen LogP contribution >= 0.6 is 0 Å². The van der Waals surface area contributed by atoms with E-state index in [1.165, 1.54) is 17.5 Å². The molecular weight excluding hydrogens is 222 g/mol. The number of hydrogen-bond donors (Lipinski definition) is 2. The molecule has 1 aromatic carbocycles. The molecule has 0 radical (unpaired) electrons. The summed E-state index contributed by atoms with van der Waals surface area (Å²) in [6.45, 7) is 9.07. The summed E-state index contributed by atoms with van der Waals surface area (Å²) in [5, 5.41) is 13.2. The standard InChI is InChI=1S/C16H27NO/c1-5-6-14-7-9-15(10-8-14)13(4)17-11-16(18)12(2)3/h7-10,12-13,16-18H,5-6,11H2,1-4H3. The molecule has 0 aliphatic rings. The third kappa shape index (κ3) is 4.79. The third-order valence-electron chi connectivity index (χ3n) is 3.42. The van der Waals surface area contributed by atoms with Gasteiger partial charge in [-0.2, -0.15) is 0 Å². The Morgan fingerprint density at radius 2 is 1.72 bits per heavy atom. The number of benzene rings is 1. The van der Waals surface area contributed by atoms with Crippen molar-refractivity contribution in [3.63, 3.8) is 0 Å². The van der Waals surface area contributed by atoms with Crippen LogP contribution in [0.2, 0.25) is 0 Å². The van der Waals surface area contributed by atoms with Crippen LogP contribution in [-0.4, -0.2) is 17.8 Å². The maximum absolute atomic E-state index is 9.77. The first-order valence-corrected chi connectivity index (χ1v) is 7.04. The van der Waals surface area contributed by atoms with E-state index in [4.69, 9.17) is 0 Å². The summed E-state index contributed by atoms with van der Waals surface area (Å²) in [4.78, 5) is 0. The van der Waals surface area contributed by atoms with Crippen LogP contribution in [0.5, 0.6) is 0 Å². The fourth-order valence-corrected chi connectivity index (χ4v) is 1.91. The highest BCUT2D eigenvalue weighted by molar-refractivity contribution is 5.24. The summed E-state index contributed by atoms with van der Waals surface area (Å²) in [6, 6.07) is 9.06. The van der Waals surface area contributed by atoms with Crippen molar-refractivity contribution in [1.82, 2.24) is 5.32 Å². The Kier molecular flexibility index (Phi) is 6.37. The lowest BCUT2D eigenvalue weighted by atomic mass is 10.0. The summed E-state index contributed by atoms with van der Waals surface area (Å²) in [5.74, 6) is 0.302. The number of aliphatic hydroxyl groups excluding tert-OH is 1. The molecule has 0 saturated carbocycles. The number of aryl methyl sites for hydroxylation is 1. The van der Waals surface area contributed by atoms with E-state index in [0.717, 1.165) is 6.42 Å². The van der Waals surface area contributed by atoms with E-state index in [-0.39, 0.29) is 12.1 Å². The number of rotatable bonds is 7. The van der Waals surface area contributed by atoms with Crippen LogP contribution in [0.25, 0.3) is 0 Å². The molecular formula is C16H27NO. The predicted molar refractivity (Wildman–Crippen MR) is 77.7 cm³/mol. The molecule has 0 amide bonds. The third-order valence-corrected chi connectivity index (χ3v) is 3.42. The molecule has 1 rings (SSSR count). The Hall–Kier alpha value is -0.860. The fraction of sp³-hybridized carbons (Fsp3) is 0.625. The van der Waals surface area contributed by atoms with Crippen molar-refractivity contribution in [3.8, 4) is 0 Å². The van der Waals surface area contributed by atoms with E-state index in [0.29, 0.717) is 12.5 Å². The molecule has 0 aliphatic heterocycles. The van der Waals surface area contributed by atoms with E-state index >= 15 is 0 Å². The van der Waals surface area contributed by atoms with Crippen LogP contribution in [0, 0.1) is 5.92 Å². The first kappa shape index (κ1) is 15.2. The summed E-state index contributed by atoms with van der Waals surface area (Å²) >= 11 is 0. The quantitative estimate of drug-likeness (QED) is 0.777. The van der Waals surface area contributed by atoms with Gasteiger partial charge < -0.3 is 10.4 Å². The van der Waals surface area contributed by atoms with Crippen LogP contribution in [0.4, 0.5) is 0 Å². The second-order valence-corrected chi connectivity index (χ2v) is 5.43. The van der Waals surface area contributed by atoms with Gasteiger partial charge in [-0.05, 0) is 30.4 Å². The zero-order valence-electron chi connectivity index (χ0n) is 12.1. The van der Waals surface area contributed by atoms with E-state index in [1.807, 2.05) is 13.8 Å². The highest BCUT2D eigenvalue weighted by Crippen LogP contribution is 2.14. The van der Waals surface area contributed by atoms with E-state index in [9.17, 15) is 5.11 Å². The van der Waals surface area contributed by atoms with Crippen LogP contribution in [0.15, 0.2) is 24.3 Å². The highest BCUT2D eigenvalue weighted by atomic mass is 16.3. The van der Waals surface area contributed by atoms with Gasteiger partial charge in [-0.3, -0.25) is 0 Å². The zero-order chi connectivity index (χ0) is 13.5. The molecule has 2 atom stereocenters. The minimum Gasteiger partial charge on any atom is -0.392 e. The molecule has 0 bridgehead atoms. The van der Waals surface area contributed by atoms with Crippen molar-refractivity contribution in [1.29, 1.82) is 0 Å². The van der Waals surface area contributed by atoms with Gasteiger partial charge in [0.1, 0.15) is 0 Å². The van der Waals surface area contributed by atoms with E-state index in [2.05, 4.69) is 43.4 Å². The summed E-state index contributed by atoms with van der Waals surface area (Å²) in [6.07, 6.45) is 2.06. The van der Waals surface area contributed by atoms with Gasteiger partial charge >= 0.3 is 0 Å². The molecule has 1 aromatic rings. The van der Waals surface area contributed by atoms with Crippen LogP contribution in [-0.2, 0) is 6.42 Å². The molecule has 0 spiro atoms. The fourth-order valence-electron chi connectivity index (χ4n) is 1.91. The molecule has 0 saturated heterocycles. The van der Waals surface area contributed by atoms with Crippen molar-refractivity contribution in [2.75, 3.05) is 6.54 Å². The second-order valence-electron chi connectivity index (χ2n) is 5.43. The molecule has 0 aromatic heterocycles. The monoisotopic (exact) mass is 249 g/mol. The molecule has 0 fully saturated rings. The molecule has 0 heterocycles. The highest BCUT2D eigenvalue weighted by Gasteiger charge is 2.11. The number of aliphatic hydroxyl groups is 1. The maximum Gasteiger partial charge on any atom is 0.0687 e. The van der Waals surface area contributed by atoms with Crippen molar-refractivity contribution in [2.45, 2.75) is 52.7 Å². The van der Waals surface area contributed by atoms with E-state index < -0.39 is 0 Å². The molecule has 2 N–H and O–H groups in total. The minimum absolute atomic E-state index is 0.271. The summed E-state index contributed by atoms with van der Waals surface area (Å²) in [7, 11) is 0. The smallest absolute Gasteiger partial charge is 0.0687 e. The van der Waals surface area contributed by atoms with Gasteiger partial charge in [-0.15, -0.1) is 0 Å². The Morgan fingerprint density at radius 3 is 2.22 bits per heavy atom. The molecule has 0 aliphatic carbocycles. The Labute approximate surface area is 111 Å². The van der Waals surface area contributed by atoms with Crippen LogP contribution < -0.4 is 5.32 Å². The Bertz CT molecular complexity index is 331. The molecule has 2 nitrogen and oxygen atoms in total. The number of hydrogen-bond acceptors (Lipinski definition) is 2. The van der Waals surface area contributed by atoms with Gasteiger partial charge in [0.2, 0.25) is 0 Å². The summed E-state index contributed by atoms with van der Waals surface area (Å²) < 4.78 is 0. The average Bonchev–Trinajstić information content (AvgIpc) is 2.36. The van der Waals surface area contributed by atoms with Crippen molar-refractivity contribution < 1.29 is 5.11 Å². The van der Waals surface area contributed by atoms with Gasteiger partial charge in [-0.1, -0.05) is 51.5 Å². The van der Waals surface area contributed by atoms with Gasteiger partial charge in [0.25, 0.3) is 0 Å². The lowest BCUT2D eigenvalue weighted by Gasteiger charge is -2.19. The molecule has 2 heteroatoms. The summed E-state index contributed by atoms with van der Waals surface area (Å²) in [5.41, 5.74) is 2.68. The minimum atomic E-state index is -0.271.